The van der Waals surface area contributed by atoms with Gasteiger partial charge in [0.25, 0.3) is 0 Å². The summed E-state index contributed by atoms with van der Waals surface area (Å²) in [5, 5.41) is 4.20. The molecule has 1 aromatic heterocycles. The Kier molecular flexibility index (Phi) is 3.48. The standard InChI is InChI=1S/C10H19N3/c1-4-13-7-9(6-12-13)10(11)5-8(2)3/h6-8,10H,4-5,11H2,1-3H3. The first-order valence-electron chi connectivity index (χ1n) is 4.91. The van der Waals surface area contributed by atoms with E-state index >= 15 is 0 Å². The maximum Gasteiger partial charge on any atom is 0.0537 e. The molecule has 3 heteroatoms. The number of rotatable bonds is 4. The molecule has 0 fully saturated rings. The second kappa shape index (κ2) is 4.42. The molecule has 0 aliphatic heterocycles. The largest absolute Gasteiger partial charge is 0.324 e. The van der Waals surface area contributed by atoms with E-state index in [2.05, 4.69) is 25.9 Å². The SMILES string of the molecule is CCn1cc(C(N)CC(C)C)cn1. The number of nitrogens with zero attached hydrogens (tertiary/aromatic N) is 2. The molecule has 0 aliphatic carbocycles. The highest BCUT2D eigenvalue weighted by Gasteiger charge is 2.09. The molecule has 0 aromatic carbocycles. The molecule has 1 atom stereocenters. The molecule has 1 aromatic rings. The van der Waals surface area contributed by atoms with E-state index in [9.17, 15) is 0 Å². The van der Waals surface area contributed by atoms with Gasteiger partial charge in [-0.3, -0.25) is 4.68 Å². The molecule has 74 valence electrons. The summed E-state index contributed by atoms with van der Waals surface area (Å²) >= 11 is 0. The first-order valence-corrected chi connectivity index (χ1v) is 4.91. The van der Waals surface area contributed by atoms with Crippen LogP contribution in [0.5, 0.6) is 0 Å². The molecule has 0 bridgehead atoms. The van der Waals surface area contributed by atoms with E-state index in [0.717, 1.165) is 18.5 Å². The Bertz CT molecular complexity index is 252. The monoisotopic (exact) mass is 181 g/mol. The van der Waals surface area contributed by atoms with Crippen LogP contribution in [0.1, 0.15) is 38.8 Å². The zero-order valence-corrected chi connectivity index (χ0v) is 8.70. The predicted molar refractivity (Wildman–Crippen MR) is 54.3 cm³/mol. The summed E-state index contributed by atoms with van der Waals surface area (Å²) in [6.45, 7) is 7.35. The molecule has 1 rings (SSSR count). The third-order valence-corrected chi connectivity index (χ3v) is 2.13. The first kappa shape index (κ1) is 10.3. The molecule has 13 heavy (non-hydrogen) atoms. The Hall–Kier alpha value is -0.830. The molecule has 0 saturated carbocycles. The van der Waals surface area contributed by atoms with Gasteiger partial charge in [-0.15, -0.1) is 0 Å². The maximum absolute atomic E-state index is 6.01. The molecule has 3 nitrogen and oxygen atoms in total. The van der Waals surface area contributed by atoms with Gasteiger partial charge in [0.1, 0.15) is 0 Å². The molecule has 0 aliphatic rings. The fraction of sp³-hybridized carbons (Fsp3) is 0.700. The minimum atomic E-state index is 0.139. The number of aromatic nitrogens is 2. The molecular weight excluding hydrogens is 162 g/mol. The molecule has 0 radical (unpaired) electrons. The van der Waals surface area contributed by atoms with Gasteiger partial charge >= 0.3 is 0 Å². The van der Waals surface area contributed by atoms with Crippen LogP contribution in [0.3, 0.4) is 0 Å². The second-order valence-corrected chi connectivity index (χ2v) is 3.87. The molecule has 1 heterocycles. The zero-order valence-electron chi connectivity index (χ0n) is 8.70. The van der Waals surface area contributed by atoms with Gasteiger partial charge in [-0.05, 0) is 19.3 Å². The average molecular weight is 181 g/mol. The van der Waals surface area contributed by atoms with Crippen LogP contribution in [0.25, 0.3) is 0 Å². The van der Waals surface area contributed by atoms with Crippen LogP contribution in [0.15, 0.2) is 12.4 Å². The van der Waals surface area contributed by atoms with Crippen molar-refractivity contribution in [1.82, 2.24) is 9.78 Å². The smallest absolute Gasteiger partial charge is 0.0537 e. The minimum Gasteiger partial charge on any atom is -0.324 e. The number of nitrogens with two attached hydrogens (primary N) is 1. The van der Waals surface area contributed by atoms with Crippen LogP contribution >= 0.6 is 0 Å². The van der Waals surface area contributed by atoms with Crippen molar-refractivity contribution in [1.29, 1.82) is 0 Å². The van der Waals surface area contributed by atoms with E-state index in [0.29, 0.717) is 5.92 Å². The van der Waals surface area contributed by atoms with Gasteiger partial charge in [0.2, 0.25) is 0 Å². The van der Waals surface area contributed by atoms with Crippen molar-refractivity contribution in [3.8, 4) is 0 Å². The first-order chi connectivity index (χ1) is 6.13. The van der Waals surface area contributed by atoms with E-state index < -0.39 is 0 Å². The Morgan fingerprint density at radius 2 is 2.23 bits per heavy atom. The number of hydrogen-bond acceptors (Lipinski definition) is 2. The lowest BCUT2D eigenvalue weighted by atomic mass is 10.0. The zero-order chi connectivity index (χ0) is 9.84. The van der Waals surface area contributed by atoms with Gasteiger partial charge in [0.05, 0.1) is 6.20 Å². The van der Waals surface area contributed by atoms with Crippen molar-refractivity contribution in [3.05, 3.63) is 18.0 Å². The van der Waals surface area contributed by atoms with Crippen molar-refractivity contribution in [2.45, 2.75) is 39.8 Å². The van der Waals surface area contributed by atoms with Crippen LogP contribution in [0.4, 0.5) is 0 Å². The Labute approximate surface area is 79.9 Å². The van der Waals surface area contributed by atoms with E-state index in [1.54, 1.807) is 0 Å². The maximum atomic E-state index is 6.01. The van der Waals surface area contributed by atoms with Crippen LogP contribution in [0, 0.1) is 5.92 Å². The van der Waals surface area contributed by atoms with Crippen molar-refractivity contribution < 1.29 is 0 Å². The Morgan fingerprint density at radius 3 is 2.69 bits per heavy atom. The molecule has 0 amide bonds. The summed E-state index contributed by atoms with van der Waals surface area (Å²) in [5.41, 5.74) is 7.16. The third kappa shape index (κ3) is 2.84. The van der Waals surface area contributed by atoms with Gasteiger partial charge in [-0.25, -0.2) is 0 Å². The molecule has 1 unspecified atom stereocenters. The fourth-order valence-electron chi connectivity index (χ4n) is 1.39. The quantitative estimate of drug-likeness (QED) is 0.771. The number of aryl methyl sites for hydroxylation is 1. The molecule has 0 spiro atoms. The van der Waals surface area contributed by atoms with Gasteiger partial charge in [0.15, 0.2) is 0 Å². The van der Waals surface area contributed by atoms with E-state index in [1.807, 2.05) is 17.1 Å². The molecule has 2 N–H and O–H groups in total. The van der Waals surface area contributed by atoms with Gasteiger partial charge in [-0.1, -0.05) is 13.8 Å². The van der Waals surface area contributed by atoms with E-state index in [4.69, 9.17) is 5.73 Å². The normalized spacial score (nSPS) is 13.6. The Morgan fingerprint density at radius 1 is 1.54 bits per heavy atom. The summed E-state index contributed by atoms with van der Waals surface area (Å²) in [6, 6.07) is 0.139. The lowest BCUT2D eigenvalue weighted by Crippen LogP contribution is -2.12. The lowest BCUT2D eigenvalue weighted by Gasteiger charge is -2.11. The molecule has 0 saturated heterocycles. The average Bonchev–Trinajstić information content (AvgIpc) is 2.50. The highest BCUT2D eigenvalue weighted by molar-refractivity contribution is 5.09. The van der Waals surface area contributed by atoms with Crippen molar-refractivity contribution in [3.63, 3.8) is 0 Å². The summed E-state index contributed by atoms with van der Waals surface area (Å²) in [6.07, 6.45) is 4.93. The molecular formula is C10H19N3. The summed E-state index contributed by atoms with van der Waals surface area (Å²) in [5.74, 6) is 0.639. The highest BCUT2D eigenvalue weighted by atomic mass is 15.3. The van der Waals surface area contributed by atoms with Gasteiger partial charge in [0, 0.05) is 24.3 Å². The van der Waals surface area contributed by atoms with Crippen molar-refractivity contribution in [2.24, 2.45) is 11.7 Å². The Balaban J connectivity index is 2.60. The van der Waals surface area contributed by atoms with Crippen LogP contribution in [-0.4, -0.2) is 9.78 Å². The van der Waals surface area contributed by atoms with E-state index in [-0.39, 0.29) is 6.04 Å². The topological polar surface area (TPSA) is 43.8 Å². The third-order valence-electron chi connectivity index (χ3n) is 2.13. The van der Waals surface area contributed by atoms with Crippen LogP contribution in [0.2, 0.25) is 0 Å². The minimum absolute atomic E-state index is 0.139. The lowest BCUT2D eigenvalue weighted by molar-refractivity contribution is 0.509. The predicted octanol–water partition coefficient (Wildman–Crippen LogP) is 1.95. The van der Waals surface area contributed by atoms with Crippen LogP contribution in [-0.2, 0) is 6.54 Å². The van der Waals surface area contributed by atoms with Gasteiger partial charge < -0.3 is 5.73 Å². The fourth-order valence-corrected chi connectivity index (χ4v) is 1.39. The second-order valence-electron chi connectivity index (χ2n) is 3.87. The summed E-state index contributed by atoms with van der Waals surface area (Å²) in [7, 11) is 0. The van der Waals surface area contributed by atoms with Gasteiger partial charge in [-0.2, -0.15) is 5.10 Å². The van der Waals surface area contributed by atoms with Crippen molar-refractivity contribution in [2.75, 3.05) is 0 Å². The van der Waals surface area contributed by atoms with Crippen molar-refractivity contribution >= 4 is 0 Å². The van der Waals surface area contributed by atoms with Crippen LogP contribution < -0.4 is 5.73 Å². The summed E-state index contributed by atoms with van der Waals surface area (Å²) in [4.78, 5) is 0. The number of hydrogen-bond donors (Lipinski definition) is 1. The van der Waals surface area contributed by atoms with E-state index in [1.165, 1.54) is 0 Å². The summed E-state index contributed by atoms with van der Waals surface area (Å²) < 4.78 is 1.91. The highest BCUT2D eigenvalue weighted by Crippen LogP contribution is 2.17.